The Balaban J connectivity index is 2.05. The minimum absolute atomic E-state index is 0.111. The summed E-state index contributed by atoms with van der Waals surface area (Å²) in [6, 6.07) is 8.01. The fraction of sp³-hybridized carbons (Fsp3) is 0.250. The van der Waals surface area contributed by atoms with Gasteiger partial charge in [-0.05, 0) is 17.7 Å². The third-order valence-electron chi connectivity index (χ3n) is 2.39. The molecule has 0 unspecified atom stereocenters. The van der Waals surface area contributed by atoms with E-state index < -0.39 is 5.97 Å². The van der Waals surface area contributed by atoms with Crippen LogP contribution in [-0.4, -0.2) is 34.9 Å². The molecule has 0 atom stereocenters. The third kappa shape index (κ3) is 3.59. The van der Waals surface area contributed by atoms with Crippen molar-refractivity contribution in [3.8, 4) is 0 Å². The molecule has 1 fully saturated rings. The van der Waals surface area contributed by atoms with Crippen LogP contribution >= 0.6 is 27.7 Å². The molecule has 1 heterocycles. The first-order valence-electron chi connectivity index (χ1n) is 5.17. The van der Waals surface area contributed by atoms with Gasteiger partial charge >= 0.3 is 5.97 Å². The summed E-state index contributed by atoms with van der Waals surface area (Å²) in [6.07, 6.45) is 2.11. The monoisotopic (exact) mass is 313 g/mol. The maximum Gasteiger partial charge on any atom is 0.317 e. The van der Waals surface area contributed by atoms with Gasteiger partial charge in [0.2, 0.25) is 0 Å². The van der Waals surface area contributed by atoms with E-state index in [2.05, 4.69) is 22.0 Å². The molecule has 0 amide bonds. The summed E-state index contributed by atoms with van der Waals surface area (Å²) in [4.78, 5) is 13.7. The molecule has 90 valence electrons. The van der Waals surface area contributed by atoms with Gasteiger partial charge in [-0.25, -0.2) is 0 Å². The van der Waals surface area contributed by atoms with Crippen LogP contribution < -0.4 is 0 Å². The van der Waals surface area contributed by atoms with Crippen molar-refractivity contribution in [3.63, 3.8) is 0 Å². The van der Waals surface area contributed by atoms with E-state index in [1.807, 2.05) is 29.2 Å². The number of hydrogen-bond acceptors (Lipinski definition) is 3. The lowest BCUT2D eigenvalue weighted by Crippen LogP contribution is -2.26. The van der Waals surface area contributed by atoms with Crippen LogP contribution in [0.2, 0.25) is 0 Å². The second-order valence-corrected chi connectivity index (χ2v) is 5.71. The minimum atomic E-state index is -0.771. The Hall–Kier alpha value is -0.780. The van der Waals surface area contributed by atoms with Gasteiger partial charge in [0.25, 0.3) is 0 Å². The third-order valence-corrected chi connectivity index (χ3v) is 4.23. The van der Waals surface area contributed by atoms with E-state index in [0.29, 0.717) is 0 Å². The van der Waals surface area contributed by atoms with E-state index in [4.69, 9.17) is 5.11 Å². The highest BCUT2D eigenvalue weighted by Crippen LogP contribution is 2.29. The summed E-state index contributed by atoms with van der Waals surface area (Å²) >= 11 is 5.20. The van der Waals surface area contributed by atoms with Crippen molar-refractivity contribution in [2.24, 2.45) is 0 Å². The van der Waals surface area contributed by atoms with Gasteiger partial charge < -0.3 is 5.11 Å². The van der Waals surface area contributed by atoms with E-state index in [1.54, 1.807) is 11.8 Å². The molecule has 0 radical (unpaired) electrons. The summed E-state index contributed by atoms with van der Waals surface area (Å²) < 4.78 is 1.06. The Morgan fingerprint density at radius 2 is 2.29 bits per heavy atom. The van der Waals surface area contributed by atoms with Gasteiger partial charge in [0.15, 0.2) is 0 Å². The Morgan fingerprint density at radius 1 is 1.53 bits per heavy atom. The lowest BCUT2D eigenvalue weighted by Gasteiger charge is -2.08. The second kappa shape index (κ2) is 5.71. The Kier molecular flexibility index (Phi) is 4.25. The maximum absolute atomic E-state index is 10.6. The topological polar surface area (TPSA) is 40.5 Å². The molecule has 1 aromatic carbocycles. The summed E-state index contributed by atoms with van der Waals surface area (Å²) in [5.74, 6) is -0.0180. The molecule has 0 spiro atoms. The van der Waals surface area contributed by atoms with Crippen molar-refractivity contribution in [2.75, 3.05) is 19.0 Å². The molecule has 0 saturated carbocycles. The van der Waals surface area contributed by atoms with Crippen molar-refractivity contribution in [2.45, 2.75) is 0 Å². The average molecular weight is 314 g/mol. The highest BCUT2D eigenvalue weighted by molar-refractivity contribution is 9.10. The van der Waals surface area contributed by atoms with Crippen LogP contribution in [0.1, 0.15) is 5.56 Å². The highest BCUT2D eigenvalue weighted by Gasteiger charge is 2.19. The van der Waals surface area contributed by atoms with Crippen LogP contribution in [0.25, 0.3) is 6.08 Å². The molecular formula is C12H12BrNO2S. The van der Waals surface area contributed by atoms with Gasteiger partial charge in [-0.1, -0.05) is 34.1 Å². The van der Waals surface area contributed by atoms with E-state index in [9.17, 15) is 4.79 Å². The maximum atomic E-state index is 10.6. The van der Waals surface area contributed by atoms with Crippen molar-refractivity contribution in [3.05, 3.63) is 39.2 Å². The van der Waals surface area contributed by atoms with Crippen molar-refractivity contribution < 1.29 is 9.90 Å². The van der Waals surface area contributed by atoms with Crippen LogP contribution in [0.4, 0.5) is 0 Å². The molecule has 2 rings (SSSR count). The lowest BCUT2D eigenvalue weighted by molar-refractivity contribution is -0.137. The quantitative estimate of drug-likeness (QED) is 0.931. The van der Waals surface area contributed by atoms with Crippen LogP contribution in [0.15, 0.2) is 33.6 Å². The summed E-state index contributed by atoms with van der Waals surface area (Å²) in [5, 5.41) is 8.72. The Morgan fingerprint density at radius 3 is 3.00 bits per heavy atom. The van der Waals surface area contributed by atoms with Crippen molar-refractivity contribution in [1.82, 2.24) is 4.90 Å². The number of nitrogens with zero attached hydrogens (tertiary/aromatic N) is 1. The van der Waals surface area contributed by atoms with Gasteiger partial charge in [-0.2, -0.15) is 0 Å². The van der Waals surface area contributed by atoms with E-state index >= 15 is 0 Å². The zero-order valence-electron chi connectivity index (χ0n) is 9.10. The van der Waals surface area contributed by atoms with Crippen molar-refractivity contribution >= 4 is 39.7 Å². The fourth-order valence-electron chi connectivity index (χ4n) is 1.63. The molecule has 1 aliphatic heterocycles. The number of benzene rings is 1. The SMILES string of the molecule is O=C(O)CN1CSC(=Cc2ccccc2Br)C1. The predicted octanol–water partition coefficient (Wildman–Crippen LogP) is 2.88. The van der Waals surface area contributed by atoms with Crippen LogP contribution in [0.5, 0.6) is 0 Å². The minimum Gasteiger partial charge on any atom is -0.480 e. The number of aliphatic carboxylic acids is 1. The molecule has 17 heavy (non-hydrogen) atoms. The van der Waals surface area contributed by atoms with Gasteiger partial charge in [0, 0.05) is 21.8 Å². The molecule has 3 nitrogen and oxygen atoms in total. The first kappa shape index (κ1) is 12.7. The average Bonchev–Trinajstić information content (AvgIpc) is 2.68. The standard InChI is InChI=1S/C12H12BrNO2S/c13-11-4-2-1-3-9(11)5-10-6-14(8-17-10)7-12(15)16/h1-5H,6-8H2,(H,15,16). The predicted molar refractivity (Wildman–Crippen MR) is 73.8 cm³/mol. The van der Waals surface area contributed by atoms with Gasteiger partial charge in [-0.3, -0.25) is 9.69 Å². The molecule has 1 N–H and O–H groups in total. The van der Waals surface area contributed by atoms with E-state index in [1.165, 1.54) is 4.91 Å². The largest absolute Gasteiger partial charge is 0.480 e. The fourth-order valence-corrected chi connectivity index (χ4v) is 3.05. The Labute approximate surface area is 113 Å². The van der Waals surface area contributed by atoms with Crippen LogP contribution in [0.3, 0.4) is 0 Å². The number of thioether (sulfide) groups is 1. The number of carbonyl (C=O) groups is 1. The zero-order chi connectivity index (χ0) is 12.3. The van der Waals surface area contributed by atoms with Crippen LogP contribution in [-0.2, 0) is 4.79 Å². The number of hydrogen-bond donors (Lipinski definition) is 1. The number of halogens is 1. The Bertz CT molecular complexity index is 462. The van der Waals surface area contributed by atoms with Gasteiger partial charge in [0.1, 0.15) is 0 Å². The molecule has 0 aromatic heterocycles. The molecular weight excluding hydrogens is 302 g/mol. The molecule has 1 aromatic rings. The highest BCUT2D eigenvalue weighted by atomic mass is 79.9. The van der Waals surface area contributed by atoms with E-state index in [-0.39, 0.29) is 6.54 Å². The molecule has 0 aliphatic carbocycles. The molecule has 1 saturated heterocycles. The van der Waals surface area contributed by atoms with Crippen molar-refractivity contribution in [1.29, 1.82) is 0 Å². The number of carboxylic acids is 1. The first-order valence-corrected chi connectivity index (χ1v) is 6.95. The van der Waals surface area contributed by atoms with Gasteiger partial charge in [-0.15, -0.1) is 11.8 Å². The smallest absolute Gasteiger partial charge is 0.317 e. The normalized spacial score (nSPS) is 18.8. The van der Waals surface area contributed by atoms with Gasteiger partial charge in [0.05, 0.1) is 6.54 Å². The first-order chi connectivity index (χ1) is 8.15. The molecule has 1 aliphatic rings. The summed E-state index contributed by atoms with van der Waals surface area (Å²) in [6.45, 7) is 0.832. The number of rotatable bonds is 3. The van der Waals surface area contributed by atoms with Crippen LogP contribution in [0, 0.1) is 0 Å². The summed E-state index contributed by atoms with van der Waals surface area (Å²) in [5.41, 5.74) is 1.13. The second-order valence-electron chi connectivity index (χ2n) is 3.79. The summed E-state index contributed by atoms with van der Waals surface area (Å²) in [7, 11) is 0. The molecule has 5 heteroatoms. The zero-order valence-corrected chi connectivity index (χ0v) is 11.5. The number of carboxylic acid groups (broad SMARTS) is 1. The van der Waals surface area contributed by atoms with E-state index in [0.717, 1.165) is 22.5 Å². The molecule has 0 bridgehead atoms. The lowest BCUT2D eigenvalue weighted by atomic mass is 10.2.